The Hall–Kier alpha value is -1.44. The van der Waals surface area contributed by atoms with Gasteiger partial charge in [0, 0.05) is 24.6 Å². The van der Waals surface area contributed by atoms with E-state index in [1.165, 1.54) is 50.8 Å². The summed E-state index contributed by atoms with van der Waals surface area (Å²) < 4.78 is 0. The molecule has 104 valence electrons. The third-order valence-electron chi connectivity index (χ3n) is 3.68. The molecule has 1 aromatic carbocycles. The van der Waals surface area contributed by atoms with E-state index < -0.39 is 0 Å². The van der Waals surface area contributed by atoms with Crippen molar-refractivity contribution in [2.24, 2.45) is 0 Å². The first-order valence-electron chi connectivity index (χ1n) is 7.64. The molecule has 0 aromatic heterocycles. The minimum atomic E-state index is 0.999. The molecular weight excluding hydrogens is 232 g/mol. The van der Waals surface area contributed by atoms with E-state index in [1.54, 1.807) is 0 Å². The summed E-state index contributed by atoms with van der Waals surface area (Å²) >= 11 is 0. The molecule has 2 rings (SSSR count). The molecule has 2 heteroatoms. The average molecular weight is 258 g/mol. The van der Waals surface area contributed by atoms with Crippen molar-refractivity contribution < 1.29 is 0 Å². The summed E-state index contributed by atoms with van der Waals surface area (Å²) in [5.41, 5.74) is 1.28. The highest BCUT2D eigenvalue weighted by atomic mass is 15.3. The molecule has 0 bridgehead atoms. The molecule has 0 unspecified atom stereocenters. The van der Waals surface area contributed by atoms with Crippen LogP contribution in [0, 0.1) is 0 Å². The van der Waals surface area contributed by atoms with Crippen molar-refractivity contribution in [3.63, 3.8) is 0 Å². The lowest BCUT2D eigenvalue weighted by Crippen LogP contribution is -2.25. The highest BCUT2D eigenvalue weighted by molar-refractivity contribution is 5.49. The zero-order valence-corrected chi connectivity index (χ0v) is 12.1. The Labute approximate surface area is 117 Å². The van der Waals surface area contributed by atoms with Crippen LogP contribution in [0.4, 0.5) is 5.69 Å². The van der Waals surface area contributed by atoms with Crippen molar-refractivity contribution in [1.82, 2.24) is 4.90 Å². The van der Waals surface area contributed by atoms with Gasteiger partial charge in [0.15, 0.2) is 0 Å². The number of para-hydroxylation sites is 1. The van der Waals surface area contributed by atoms with E-state index in [0.717, 1.165) is 6.67 Å². The van der Waals surface area contributed by atoms with Gasteiger partial charge in [0.2, 0.25) is 0 Å². The molecule has 19 heavy (non-hydrogen) atoms. The van der Waals surface area contributed by atoms with Gasteiger partial charge in [-0.25, -0.2) is 0 Å². The fraction of sp³-hybridized carbons (Fsp3) is 0.529. The fourth-order valence-electron chi connectivity index (χ4n) is 2.49. The average Bonchev–Trinajstić information content (AvgIpc) is 2.92. The summed E-state index contributed by atoms with van der Waals surface area (Å²) in [7, 11) is 0. The van der Waals surface area contributed by atoms with Gasteiger partial charge < -0.3 is 9.80 Å². The second-order valence-electron chi connectivity index (χ2n) is 5.33. The summed E-state index contributed by atoms with van der Waals surface area (Å²) in [6.45, 7) is 4.46. The van der Waals surface area contributed by atoms with Crippen molar-refractivity contribution >= 4 is 5.69 Å². The standard InChI is InChI=1S/C17H26N2/c1-2-3-4-5-6-10-13-18-14-15-19(16-18)17-11-8-7-9-12-17/h7-9,11-12,14-15H,2-6,10,13,16H2,1H3. The van der Waals surface area contributed by atoms with Crippen LogP contribution in [0.3, 0.4) is 0 Å². The van der Waals surface area contributed by atoms with Gasteiger partial charge in [-0.1, -0.05) is 57.2 Å². The minimum Gasteiger partial charge on any atom is -0.358 e. The zero-order valence-electron chi connectivity index (χ0n) is 12.1. The van der Waals surface area contributed by atoms with Crippen LogP contribution in [0.5, 0.6) is 0 Å². The van der Waals surface area contributed by atoms with E-state index in [0.29, 0.717) is 0 Å². The SMILES string of the molecule is CCCCCCCCN1C=CN(c2ccccc2)C1. The third-order valence-corrected chi connectivity index (χ3v) is 3.68. The molecule has 0 N–H and O–H groups in total. The van der Waals surface area contributed by atoms with Crippen LogP contribution in [0.15, 0.2) is 42.7 Å². The lowest BCUT2D eigenvalue weighted by molar-refractivity contribution is 0.388. The van der Waals surface area contributed by atoms with E-state index in [-0.39, 0.29) is 0 Å². The van der Waals surface area contributed by atoms with Gasteiger partial charge in [0.25, 0.3) is 0 Å². The van der Waals surface area contributed by atoms with Crippen LogP contribution in [0.1, 0.15) is 45.4 Å². The molecule has 2 nitrogen and oxygen atoms in total. The molecule has 0 fully saturated rings. The maximum atomic E-state index is 2.41. The first-order valence-corrected chi connectivity index (χ1v) is 7.64. The summed E-state index contributed by atoms with van der Waals surface area (Å²) in [5, 5.41) is 0. The Bertz CT molecular complexity index is 372. The number of nitrogens with zero attached hydrogens (tertiary/aromatic N) is 2. The lowest BCUT2D eigenvalue weighted by atomic mass is 10.1. The summed E-state index contributed by atoms with van der Waals surface area (Å²) in [6, 6.07) is 10.6. The second kappa shape index (κ2) is 7.88. The molecule has 0 saturated carbocycles. The predicted octanol–water partition coefficient (Wildman–Crippen LogP) is 4.60. The Morgan fingerprint density at radius 1 is 0.895 bits per heavy atom. The Balaban J connectivity index is 1.62. The van der Waals surface area contributed by atoms with Crippen LogP contribution in [-0.4, -0.2) is 18.1 Å². The normalized spacial score (nSPS) is 14.4. The second-order valence-corrected chi connectivity index (χ2v) is 5.33. The lowest BCUT2D eigenvalue weighted by Gasteiger charge is -2.21. The zero-order chi connectivity index (χ0) is 13.3. The number of rotatable bonds is 8. The predicted molar refractivity (Wildman–Crippen MR) is 83.0 cm³/mol. The first kappa shape index (κ1) is 14.0. The van der Waals surface area contributed by atoms with E-state index >= 15 is 0 Å². The molecule has 1 heterocycles. The molecule has 0 radical (unpaired) electrons. The van der Waals surface area contributed by atoms with Crippen molar-refractivity contribution in [2.45, 2.75) is 45.4 Å². The molecule has 0 saturated heterocycles. The Morgan fingerprint density at radius 3 is 2.42 bits per heavy atom. The van der Waals surface area contributed by atoms with Crippen molar-refractivity contribution in [3.05, 3.63) is 42.7 Å². The molecule has 0 atom stereocenters. The molecule has 1 aliphatic heterocycles. The van der Waals surface area contributed by atoms with E-state index in [9.17, 15) is 0 Å². The number of hydrogen-bond acceptors (Lipinski definition) is 2. The van der Waals surface area contributed by atoms with Gasteiger partial charge in [0.05, 0.1) is 6.67 Å². The summed E-state index contributed by atoms with van der Waals surface area (Å²) in [5.74, 6) is 0. The number of anilines is 1. The Kier molecular flexibility index (Phi) is 5.80. The largest absolute Gasteiger partial charge is 0.358 e. The van der Waals surface area contributed by atoms with Crippen molar-refractivity contribution in [3.8, 4) is 0 Å². The quantitative estimate of drug-likeness (QED) is 0.629. The summed E-state index contributed by atoms with van der Waals surface area (Å²) in [6.07, 6.45) is 12.6. The maximum Gasteiger partial charge on any atom is 0.0941 e. The van der Waals surface area contributed by atoms with Crippen molar-refractivity contribution in [2.75, 3.05) is 18.1 Å². The van der Waals surface area contributed by atoms with Gasteiger partial charge >= 0.3 is 0 Å². The van der Waals surface area contributed by atoms with Crippen LogP contribution in [-0.2, 0) is 0 Å². The molecule has 0 amide bonds. The topological polar surface area (TPSA) is 6.48 Å². The van der Waals surface area contributed by atoms with E-state index in [4.69, 9.17) is 0 Å². The fourth-order valence-corrected chi connectivity index (χ4v) is 2.49. The number of hydrogen-bond donors (Lipinski definition) is 0. The monoisotopic (exact) mass is 258 g/mol. The molecule has 1 aliphatic rings. The number of benzene rings is 1. The van der Waals surface area contributed by atoms with Gasteiger partial charge in [-0.2, -0.15) is 0 Å². The van der Waals surface area contributed by atoms with Crippen LogP contribution in [0.2, 0.25) is 0 Å². The molecule has 1 aromatic rings. The van der Waals surface area contributed by atoms with E-state index in [2.05, 4.69) is 59.5 Å². The minimum absolute atomic E-state index is 0.999. The molecular formula is C17H26N2. The highest BCUT2D eigenvalue weighted by Crippen LogP contribution is 2.18. The van der Waals surface area contributed by atoms with Gasteiger partial charge in [-0.05, 0) is 18.6 Å². The highest BCUT2D eigenvalue weighted by Gasteiger charge is 2.12. The van der Waals surface area contributed by atoms with Crippen LogP contribution >= 0.6 is 0 Å². The van der Waals surface area contributed by atoms with Crippen LogP contribution < -0.4 is 4.90 Å². The Morgan fingerprint density at radius 2 is 1.63 bits per heavy atom. The number of unbranched alkanes of at least 4 members (excludes halogenated alkanes) is 5. The maximum absolute atomic E-state index is 2.41. The smallest absolute Gasteiger partial charge is 0.0941 e. The molecule has 0 spiro atoms. The summed E-state index contributed by atoms with van der Waals surface area (Å²) in [4.78, 5) is 4.71. The third kappa shape index (κ3) is 4.62. The first-order chi connectivity index (χ1) is 9.40. The van der Waals surface area contributed by atoms with Gasteiger partial charge in [-0.3, -0.25) is 0 Å². The van der Waals surface area contributed by atoms with E-state index in [1.807, 2.05) is 0 Å². The van der Waals surface area contributed by atoms with Gasteiger partial charge in [-0.15, -0.1) is 0 Å². The van der Waals surface area contributed by atoms with Gasteiger partial charge in [0.1, 0.15) is 0 Å². The van der Waals surface area contributed by atoms with Crippen molar-refractivity contribution in [1.29, 1.82) is 0 Å². The van der Waals surface area contributed by atoms with Crippen LogP contribution in [0.25, 0.3) is 0 Å². The molecule has 0 aliphatic carbocycles.